The van der Waals surface area contributed by atoms with Gasteiger partial charge in [0.1, 0.15) is 5.52 Å². The van der Waals surface area contributed by atoms with Crippen LogP contribution in [-0.4, -0.2) is 33.0 Å². The summed E-state index contributed by atoms with van der Waals surface area (Å²) in [5, 5.41) is 0. The molecule has 0 bridgehead atoms. The summed E-state index contributed by atoms with van der Waals surface area (Å²) in [5.41, 5.74) is 3.72. The smallest absolute Gasteiger partial charge is 0.298 e. The molecule has 1 saturated heterocycles. The third-order valence-corrected chi connectivity index (χ3v) is 6.94. The molecule has 0 aliphatic carbocycles. The van der Waals surface area contributed by atoms with Crippen molar-refractivity contribution < 1.29 is 12.8 Å². The topological polar surface area (TPSA) is 75.4 Å². The number of hydrogen-bond acceptors (Lipinski definition) is 5. The highest BCUT2D eigenvalue weighted by Gasteiger charge is 2.24. The van der Waals surface area contributed by atoms with E-state index in [1.807, 2.05) is 44.2 Å². The molecule has 2 aromatic carbocycles. The Balaban J connectivity index is 1.34. The molecule has 2 heterocycles. The molecule has 0 amide bonds. The van der Waals surface area contributed by atoms with Crippen molar-refractivity contribution in [2.75, 3.05) is 24.5 Å². The number of anilines is 1. The Hall–Kier alpha value is -2.38. The van der Waals surface area contributed by atoms with E-state index in [-0.39, 0.29) is 0 Å². The van der Waals surface area contributed by atoms with Gasteiger partial charge in [-0.05, 0) is 68.0 Å². The second kappa shape index (κ2) is 7.56. The minimum atomic E-state index is -3.48. The first-order valence-electron chi connectivity index (χ1n) is 9.60. The zero-order chi connectivity index (χ0) is 19.7. The number of sulfonamides is 1. The highest BCUT2D eigenvalue weighted by atomic mass is 32.2. The van der Waals surface area contributed by atoms with Crippen molar-refractivity contribution in [1.29, 1.82) is 0 Å². The van der Waals surface area contributed by atoms with Crippen LogP contribution < -0.4 is 9.62 Å². The van der Waals surface area contributed by atoms with Crippen LogP contribution in [0.1, 0.15) is 24.0 Å². The molecule has 3 aromatic rings. The average Bonchev–Trinajstić information content (AvgIpc) is 3.13. The first kappa shape index (κ1) is 19.0. The molecular weight excluding hydrogens is 374 g/mol. The lowest BCUT2D eigenvalue weighted by Gasteiger charge is -2.30. The van der Waals surface area contributed by atoms with E-state index in [2.05, 4.69) is 14.6 Å². The molecule has 0 spiro atoms. The lowest BCUT2D eigenvalue weighted by Crippen LogP contribution is -2.38. The second-order valence-electron chi connectivity index (χ2n) is 7.49. The second-order valence-corrected chi connectivity index (χ2v) is 9.26. The Morgan fingerprint density at radius 3 is 2.57 bits per heavy atom. The summed E-state index contributed by atoms with van der Waals surface area (Å²) in [6.45, 7) is 5.97. The molecule has 0 atom stereocenters. The number of aromatic nitrogens is 1. The monoisotopic (exact) mass is 399 g/mol. The number of hydrogen-bond donors (Lipinski definition) is 1. The first-order chi connectivity index (χ1) is 13.4. The van der Waals surface area contributed by atoms with Gasteiger partial charge < -0.3 is 9.32 Å². The molecule has 0 saturated carbocycles. The van der Waals surface area contributed by atoms with Crippen LogP contribution in [0.15, 0.2) is 51.8 Å². The van der Waals surface area contributed by atoms with Crippen LogP contribution in [-0.2, 0) is 10.0 Å². The fraction of sp³-hybridized carbons (Fsp3) is 0.381. The fourth-order valence-electron chi connectivity index (χ4n) is 3.52. The molecule has 7 heteroatoms. The van der Waals surface area contributed by atoms with Crippen molar-refractivity contribution in [1.82, 2.24) is 9.71 Å². The van der Waals surface area contributed by atoms with Crippen molar-refractivity contribution in [3.63, 3.8) is 0 Å². The summed E-state index contributed by atoms with van der Waals surface area (Å²) in [4.78, 5) is 7.02. The minimum absolute atomic E-state index is 0.307. The molecule has 1 aliphatic rings. The number of piperidine rings is 1. The Morgan fingerprint density at radius 1 is 1.11 bits per heavy atom. The summed E-state index contributed by atoms with van der Waals surface area (Å²) in [6.07, 6.45) is 1.79. The van der Waals surface area contributed by atoms with Gasteiger partial charge in [0.25, 0.3) is 6.01 Å². The first-order valence-corrected chi connectivity index (χ1v) is 11.1. The molecule has 1 aliphatic heterocycles. The number of nitrogens with one attached hydrogen (secondary N) is 1. The van der Waals surface area contributed by atoms with Gasteiger partial charge in [0.05, 0.1) is 4.90 Å². The van der Waals surface area contributed by atoms with Crippen molar-refractivity contribution in [2.45, 2.75) is 31.6 Å². The zero-order valence-corrected chi connectivity index (χ0v) is 17.0. The van der Waals surface area contributed by atoms with Crippen molar-refractivity contribution in [2.24, 2.45) is 5.92 Å². The normalized spacial score (nSPS) is 16.0. The van der Waals surface area contributed by atoms with Crippen LogP contribution in [0.4, 0.5) is 6.01 Å². The molecule has 0 radical (unpaired) electrons. The Morgan fingerprint density at radius 2 is 1.86 bits per heavy atom. The van der Waals surface area contributed by atoms with Crippen LogP contribution in [0, 0.1) is 19.8 Å². The molecule has 1 N–H and O–H groups in total. The highest BCUT2D eigenvalue weighted by molar-refractivity contribution is 7.89. The summed E-state index contributed by atoms with van der Waals surface area (Å²) < 4.78 is 33.8. The lowest BCUT2D eigenvalue weighted by atomic mass is 9.97. The predicted molar refractivity (Wildman–Crippen MR) is 110 cm³/mol. The van der Waals surface area contributed by atoms with E-state index in [0.29, 0.717) is 23.4 Å². The Bertz CT molecular complexity index is 1050. The van der Waals surface area contributed by atoms with Gasteiger partial charge in [-0.15, -0.1) is 0 Å². The third-order valence-electron chi connectivity index (χ3n) is 5.52. The van der Waals surface area contributed by atoms with E-state index in [1.54, 1.807) is 12.1 Å². The van der Waals surface area contributed by atoms with Gasteiger partial charge in [-0.25, -0.2) is 13.1 Å². The number of aryl methyl sites for hydroxylation is 2. The summed E-state index contributed by atoms with van der Waals surface area (Å²) in [5.74, 6) is 0.307. The quantitative estimate of drug-likeness (QED) is 0.709. The van der Waals surface area contributed by atoms with Crippen molar-refractivity contribution >= 4 is 27.1 Å². The van der Waals surface area contributed by atoms with Gasteiger partial charge >= 0.3 is 0 Å². The van der Waals surface area contributed by atoms with E-state index in [0.717, 1.165) is 48.2 Å². The van der Waals surface area contributed by atoms with Gasteiger partial charge in [-0.2, -0.15) is 4.98 Å². The van der Waals surface area contributed by atoms with Gasteiger partial charge in [0, 0.05) is 19.6 Å². The van der Waals surface area contributed by atoms with Gasteiger partial charge in [-0.3, -0.25) is 0 Å². The summed E-state index contributed by atoms with van der Waals surface area (Å²) >= 11 is 0. The van der Waals surface area contributed by atoms with Crippen LogP contribution >= 0.6 is 0 Å². The van der Waals surface area contributed by atoms with Crippen LogP contribution in [0.3, 0.4) is 0 Å². The standard InChI is InChI=1S/C21H25N3O3S/c1-15-7-8-18(13-16(15)2)28(25,26)22-14-17-9-11-24(12-10-17)21-23-19-5-3-4-6-20(19)27-21/h3-8,13,17,22H,9-12,14H2,1-2H3. The maximum atomic E-state index is 12.6. The molecule has 0 unspecified atom stereocenters. The van der Waals surface area contributed by atoms with Crippen LogP contribution in [0.2, 0.25) is 0 Å². The summed E-state index contributed by atoms with van der Waals surface area (Å²) in [6, 6.07) is 13.6. The average molecular weight is 400 g/mol. The summed E-state index contributed by atoms with van der Waals surface area (Å²) in [7, 11) is -3.48. The van der Waals surface area contributed by atoms with E-state index in [4.69, 9.17) is 4.42 Å². The number of para-hydroxylation sites is 2. The molecule has 28 heavy (non-hydrogen) atoms. The number of nitrogens with zero attached hydrogens (tertiary/aromatic N) is 2. The van der Waals surface area contributed by atoms with Gasteiger partial charge in [0.15, 0.2) is 5.58 Å². The van der Waals surface area contributed by atoms with Crippen LogP contribution in [0.25, 0.3) is 11.1 Å². The molecule has 6 nitrogen and oxygen atoms in total. The number of oxazole rings is 1. The maximum Gasteiger partial charge on any atom is 0.298 e. The number of rotatable bonds is 5. The van der Waals surface area contributed by atoms with Gasteiger partial charge in [-0.1, -0.05) is 18.2 Å². The van der Waals surface area contributed by atoms with E-state index in [1.165, 1.54) is 0 Å². The SMILES string of the molecule is Cc1ccc(S(=O)(=O)NCC2CCN(c3nc4ccccc4o3)CC2)cc1C. The molecular formula is C21H25N3O3S. The molecule has 4 rings (SSSR count). The fourth-order valence-corrected chi connectivity index (χ4v) is 4.72. The maximum absolute atomic E-state index is 12.6. The number of fused-ring (bicyclic) bond motifs is 1. The molecule has 148 valence electrons. The Kier molecular flexibility index (Phi) is 5.12. The van der Waals surface area contributed by atoms with Crippen molar-refractivity contribution in [3.05, 3.63) is 53.6 Å². The minimum Gasteiger partial charge on any atom is -0.423 e. The number of benzene rings is 2. The van der Waals surface area contributed by atoms with Gasteiger partial charge in [0.2, 0.25) is 10.0 Å². The van der Waals surface area contributed by atoms with E-state index in [9.17, 15) is 8.42 Å². The third kappa shape index (κ3) is 3.91. The molecule has 1 aromatic heterocycles. The highest BCUT2D eigenvalue weighted by Crippen LogP contribution is 2.26. The van der Waals surface area contributed by atoms with E-state index >= 15 is 0 Å². The van der Waals surface area contributed by atoms with Crippen molar-refractivity contribution in [3.8, 4) is 0 Å². The van der Waals surface area contributed by atoms with Crippen LogP contribution in [0.5, 0.6) is 0 Å². The lowest BCUT2D eigenvalue weighted by molar-refractivity contribution is 0.387. The Labute approximate surface area is 165 Å². The van der Waals surface area contributed by atoms with E-state index < -0.39 is 10.0 Å². The molecule has 1 fully saturated rings. The zero-order valence-electron chi connectivity index (χ0n) is 16.2. The predicted octanol–water partition coefficient (Wildman–Crippen LogP) is 3.64. The largest absolute Gasteiger partial charge is 0.423 e.